The van der Waals surface area contributed by atoms with Crippen molar-refractivity contribution in [3.8, 4) is 17.2 Å². The van der Waals surface area contributed by atoms with Crippen LogP contribution in [-0.2, 0) is 19.6 Å². The SMILES string of the molecule is COc1cc2c(cc1OCc1ccccc1)[C@H](/C=C/c1ccc(OCc3ccccc3)cc1)[NH+](C)CC2. The van der Waals surface area contributed by atoms with Gasteiger partial charge < -0.3 is 19.1 Å². The van der Waals surface area contributed by atoms with Crippen LogP contribution >= 0.6 is 0 Å². The fourth-order valence-electron chi connectivity index (χ4n) is 4.78. The van der Waals surface area contributed by atoms with E-state index in [0.29, 0.717) is 13.2 Å². The van der Waals surface area contributed by atoms with Crippen LogP contribution in [0, 0.1) is 0 Å². The van der Waals surface area contributed by atoms with Crippen molar-refractivity contribution in [3.63, 3.8) is 0 Å². The van der Waals surface area contributed by atoms with Crippen LogP contribution in [0.2, 0.25) is 0 Å². The molecule has 0 saturated carbocycles. The summed E-state index contributed by atoms with van der Waals surface area (Å²) in [6.45, 7) is 2.15. The van der Waals surface area contributed by atoms with E-state index in [9.17, 15) is 0 Å². The maximum atomic E-state index is 6.22. The van der Waals surface area contributed by atoms with E-state index in [0.717, 1.165) is 46.9 Å². The summed E-state index contributed by atoms with van der Waals surface area (Å²) in [6.07, 6.45) is 5.54. The van der Waals surface area contributed by atoms with Gasteiger partial charge in [-0.2, -0.15) is 0 Å². The molecule has 4 heteroatoms. The highest BCUT2D eigenvalue weighted by Gasteiger charge is 2.28. The molecule has 0 fully saturated rings. The van der Waals surface area contributed by atoms with Gasteiger partial charge in [0, 0.05) is 12.0 Å². The highest BCUT2D eigenvalue weighted by atomic mass is 16.5. The minimum absolute atomic E-state index is 0.239. The highest BCUT2D eigenvalue weighted by Crippen LogP contribution is 2.35. The summed E-state index contributed by atoms with van der Waals surface area (Å²) in [6, 6.07) is 33.3. The third-order valence-electron chi connectivity index (χ3n) is 6.93. The molecular formula is C33H34NO3+. The monoisotopic (exact) mass is 492 g/mol. The Hall–Kier alpha value is -4.02. The first-order chi connectivity index (χ1) is 18.2. The Morgan fingerprint density at radius 1 is 0.784 bits per heavy atom. The quantitative estimate of drug-likeness (QED) is 0.326. The Balaban J connectivity index is 1.31. The Bertz CT molecular complexity index is 1320. The van der Waals surface area contributed by atoms with Crippen molar-refractivity contribution in [3.05, 3.63) is 131 Å². The minimum atomic E-state index is 0.239. The Labute approximate surface area is 219 Å². The Morgan fingerprint density at radius 2 is 1.43 bits per heavy atom. The summed E-state index contributed by atoms with van der Waals surface area (Å²) < 4.78 is 17.9. The molecular weight excluding hydrogens is 458 g/mol. The normalized spacial score (nSPS) is 16.8. The molecule has 1 aliphatic heterocycles. The van der Waals surface area contributed by atoms with Crippen molar-refractivity contribution in [1.82, 2.24) is 0 Å². The van der Waals surface area contributed by atoms with Crippen molar-refractivity contribution in [2.24, 2.45) is 0 Å². The molecule has 0 bridgehead atoms. The number of quaternary nitrogens is 1. The van der Waals surface area contributed by atoms with Crippen LogP contribution in [0.4, 0.5) is 0 Å². The first kappa shape index (κ1) is 24.7. The predicted octanol–water partition coefficient (Wildman–Crippen LogP) is 5.68. The van der Waals surface area contributed by atoms with Crippen molar-refractivity contribution in [1.29, 1.82) is 0 Å². The molecule has 1 aliphatic rings. The van der Waals surface area contributed by atoms with Gasteiger partial charge in [-0.3, -0.25) is 0 Å². The van der Waals surface area contributed by atoms with Crippen LogP contribution in [0.1, 0.15) is 33.9 Å². The molecule has 188 valence electrons. The number of ether oxygens (including phenoxy) is 3. The van der Waals surface area contributed by atoms with Crippen molar-refractivity contribution in [2.45, 2.75) is 25.7 Å². The van der Waals surface area contributed by atoms with E-state index < -0.39 is 0 Å². The summed E-state index contributed by atoms with van der Waals surface area (Å²) in [4.78, 5) is 1.46. The van der Waals surface area contributed by atoms with E-state index in [2.05, 4.69) is 67.7 Å². The lowest BCUT2D eigenvalue weighted by Gasteiger charge is -2.30. The van der Waals surface area contributed by atoms with E-state index in [1.54, 1.807) is 7.11 Å². The lowest BCUT2D eigenvalue weighted by molar-refractivity contribution is -0.907. The lowest BCUT2D eigenvalue weighted by atomic mass is 9.91. The molecule has 1 N–H and O–H groups in total. The summed E-state index contributed by atoms with van der Waals surface area (Å²) >= 11 is 0. The molecule has 37 heavy (non-hydrogen) atoms. The molecule has 1 heterocycles. The molecule has 0 aromatic heterocycles. The lowest BCUT2D eigenvalue weighted by Crippen LogP contribution is -3.10. The molecule has 2 atom stereocenters. The van der Waals surface area contributed by atoms with Gasteiger partial charge in [-0.25, -0.2) is 0 Å². The smallest absolute Gasteiger partial charge is 0.162 e. The van der Waals surface area contributed by atoms with E-state index in [1.807, 2.05) is 48.5 Å². The van der Waals surface area contributed by atoms with Gasteiger partial charge >= 0.3 is 0 Å². The number of fused-ring (bicyclic) bond motifs is 1. The molecule has 0 radical (unpaired) electrons. The number of hydrogen-bond acceptors (Lipinski definition) is 3. The van der Waals surface area contributed by atoms with Gasteiger partial charge in [0.05, 0.1) is 20.7 Å². The summed E-state index contributed by atoms with van der Waals surface area (Å²) in [5.74, 6) is 2.46. The molecule has 4 aromatic rings. The molecule has 5 rings (SSSR count). The van der Waals surface area contributed by atoms with Gasteiger partial charge in [0.25, 0.3) is 0 Å². The fourth-order valence-corrected chi connectivity index (χ4v) is 4.78. The summed E-state index contributed by atoms with van der Waals surface area (Å²) in [5, 5.41) is 0. The highest BCUT2D eigenvalue weighted by molar-refractivity contribution is 5.54. The summed E-state index contributed by atoms with van der Waals surface area (Å²) in [7, 11) is 3.97. The average Bonchev–Trinajstić information content (AvgIpc) is 2.95. The molecule has 0 spiro atoms. The van der Waals surface area contributed by atoms with Crippen LogP contribution in [0.3, 0.4) is 0 Å². The second-order valence-electron chi connectivity index (χ2n) is 9.50. The zero-order chi connectivity index (χ0) is 25.5. The van der Waals surface area contributed by atoms with Gasteiger partial charge in [0.1, 0.15) is 25.0 Å². The topological polar surface area (TPSA) is 32.1 Å². The van der Waals surface area contributed by atoms with Crippen LogP contribution in [0.5, 0.6) is 17.2 Å². The Kier molecular flexibility index (Phi) is 7.87. The third kappa shape index (κ3) is 6.22. The van der Waals surface area contributed by atoms with Gasteiger partial charge in [-0.1, -0.05) is 78.9 Å². The zero-order valence-corrected chi connectivity index (χ0v) is 21.5. The first-order valence-electron chi connectivity index (χ1n) is 12.8. The van der Waals surface area contributed by atoms with E-state index >= 15 is 0 Å². The molecule has 0 aliphatic carbocycles. The van der Waals surface area contributed by atoms with Crippen molar-refractivity contribution < 1.29 is 19.1 Å². The van der Waals surface area contributed by atoms with Crippen LogP contribution < -0.4 is 19.1 Å². The van der Waals surface area contributed by atoms with E-state index in [1.165, 1.54) is 16.0 Å². The second-order valence-corrected chi connectivity index (χ2v) is 9.50. The van der Waals surface area contributed by atoms with Gasteiger partial charge in [-0.15, -0.1) is 0 Å². The van der Waals surface area contributed by atoms with Crippen LogP contribution in [0.25, 0.3) is 6.08 Å². The summed E-state index contributed by atoms with van der Waals surface area (Å²) in [5.41, 5.74) is 6.08. The number of nitrogens with one attached hydrogen (secondary N) is 1. The largest absolute Gasteiger partial charge is 0.493 e. The minimum Gasteiger partial charge on any atom is -0.493 e. The van der Waals surface area contributed by atoms with E-state index in [-0.39, 0.29) is 6.04 Å². The first-order valence-corrected chi connectivity index (χ1v) is 12.8. The van der Waals surface area contributed by atoms with Crippen molar-refractivity contribution in [2.75, 3.05) is 20.7 Å². The maximum Gasteiger partial charge on any atom is 0.162 e. The van der Waals surface area contributed by atoms with Crippen LogP contribution in [-0.4, -0.2) is 20.7 Å². The second kappa shape index (κ2) is 11.8. The number of methoxy groups -OCH3 is 1. The fraction of sp³-hybridized carbons (Fsp3) is 0.212. The third-order valence-corrected chi connectivity index (χ3v) is 6.93. The number of rotatable bonds is 9. The standard InChI is InChI=1S/C33H33NO3/c1-34-20-19-28-21-32(35-2)33(37-24-27-11-7-4-8-12-27)22-30(28)31(34)18-15-25-13-16-29(17-14-25)36-23-26-9-5-3-6-10-26/h3-18,21-22,31H,19-20,23-24H2,1-2H3/p+1/b18-15+/t31-/m0/s1. The average molecular weight is 493 g/mol. The zero-order valence-electron chi connectivity index (χ0n) is 21.5. The maximum absolute atomic E-state index is 6.22. The number of benzene rings is 4. The molecule has 0 saturated heterocycles. The van der Waals surface area contributed by atoms with Gasteiger partial charge in [0.15, 0.2) is 11.5 Å². The molecule has 0 amide bonds. The van der Waals surface area contributed by atoms with E-state index in [4.69, 9.17) is 14.2 Å². The number of hydrogen-bond donors (Lipinski definition) is 1. The van der Waals surface area contributed by atoms with Crippen LogP contribution in [0.15, 0.2) is 103 Å². The molecule has 4 aromatic carbocycles. The predicted molar refractivity (Wildman–Crippen MR) is 148 cm³/mol. The number of likely N-dealkylation sites (N-methyl/N-ethyl adjacent to an activating group) is 1. The van der Waals surface area contributed by atoms with Gasteiger partial charge in [-0.05, 0) is 52.6 Å². The van der Waals surface area contributed by atoms with Crippen molar-refractivity contribution >= 4 is 6.08 Å². The van der Waals surface area contributed by atoms with Gasteiger partial charge in [0.2, 0.25) is 0 Å². The molecule has 4 nitrogen and oxygen atoms in total. The Morgan fingerprint density at radius 3 is 2.08 bits per heavy atom. The molecule has 1 unspecified atom stereocenters.